The average molecular weight is 225 g/mol. The molecule has 0 saturated heterocycles. The lowest BCUT2D eigenvalue weighted by molar-refractivity contribution is 0.641. The minimum Gasteiger partial charge on any atom is -0.373 e. The summed E-state index contributed by atoms with van der Waals surface area (Å²) in [4.78, 5) is 8.50. The summed E-state index contributed by atoms with van der Waals surface area (Å²) in [7, 11) is 1.88. The Kier molecular flexibility index (Phi) is 4.39. The molecule has 0 aliphatic rings. The van der Waals surface area contributed by atoms with Gasteiger partial charge >= 0.3 is 0 Å². The van der Waals surface area contributed by atoms with E-state index in [1.807, 2.05) is 18.8 Å². The Labute approximate surface area is 96.1 Å². The largest absolute Gasteiger partial charge is 0.373 e. The zero-order chi connectivity index (χ0) is 11.4. The highest BCUT2D eigenvalue weighted by molar-refractivity contribution is 7.99. The molecule has 0 saturated carbocycles. The Morgan fingerprint density at radius 2 is 1.93 bits per heavy atom. The highest BCUT2D eigenvalue weighted by Gasteiger charge is 2.13. The van der Waals surface area contributed by atoms with Crippen LogP contribution in [-0.4, -0.2) is 22.3 Å². The molecule has 0 spiro atoms. The van der Waals surface area contributed by atoms with Crippen molar-refractivity contribution in [2.45, 2.75) is 38.0 Å². The van der Waals surface area contributed by atoms with Gasteiger partial charge in [0.1, 0.15) is 17.2 Å². The molecule has 0 fully saturated rings. The number of nitrogens with one attached hydrogen (secondary N) is 1. The van der Waals surface area contributed by atoms with Crippen molar-refractivity contribution in [3.8, 4) is 0 Å². The molecule has 15 heavy (non-hydrogen) atoms. The van der Waals surface area contributed by atoms with Crippen molar-refractivity contribution in [3.05, 3.63) is 11.9 Å². The van der Waals surface area contributed by atoms with Crippen LogP contribution in [0.3, 0.4) is 0 Å². The quantitative estimate of drug-likeness (QED) is 0.631. The SMILES string of the molecule is CNc1ncnc(SC(C)C(C)C)c1C. The molecule has 1 aromatic heterocycles. The highest BCUT2D eigenvalue weighted by atomic mass is 32.2. The fourth-order valence-corrected chi connectivity index (χ4v) is 2.12. The molecule has 0 aliphatic heterocycles. The van der Waals surface area contributed by atoms with E-state index in [-0.39, 0.29) is 0 Å². The van der Waals surface area contributed by atoms with Crippen molar-refractivity contribution in [2.24, 2.45) is 5.92 Å². The molecule has 1 unspecified atom stereocenters. The van der Waals surface area contributed by atoms with Crippen LogP contribution >= 0.6 is 11.8 Å². The summed E-state index contributed by atoms with van der Waals surface area (Å²) in [6.07, 6.45) is 1.62. The van der Waals surface area contributed by atoms with Crippen molar-refractivity contribution < 1.29 is 0 Å². The molecule has 1 N–H and O–H groups in total. The predicted octanol–water partition coefficient (Wildman–Crippen LogP) is 2.96. The molecule has 0 aromatic carbocycles. The Bertz CT molecular complexity index is 326. The number of rotatable bonds is 4. The van der Waals surface area contributed by atoms with Gasteiger partial charge in [0.15, 0.2) is 0 Å². The van der Waals surface area contributed by atoms with Crippen LogP contribution in [0.1, 0.15) is 26.3 Å². The summed E-state index contributed by atoms with van der Waals surface area (Å²) in [6, 6.07) is 0. The number of anilines is 1. The molecule has 0 aliphatic carbocycles. The second-order valence-corrected chi connectivity index (χ2v) is 5.34. The van der Waals surface area contributed by atoms with Gasteiger partial charge in [-0.05, 0) is 12.8 Å². The minimum absolute atomic E-state index is 0.573. The maximum Gasteiger partial charge on any atom is 0.133 e. The van der Waals surface area contributed by atoms with Crippen LogP contribution in [0.15, 0.2) is 11.4 Å². The van der Waals surface area contributed by atoms with Gasteiger partial charge in [0.2, 0.25) is 0 Å². The molecule has 84 valence electrons. The van der Waals surface area contributed by atoms with Crippen molar-refractivity contribution in [3.63, 3.8) is 0 Å². The molecule has 1 atom stereocenters. The smallest absolute Gasteiger partial charge is 0.133 e. The number of nitrogens with zero attached hydrogens (tertiary/aromatic N) is 2. The van der Waals surface area contributed by atoms with Crippen LogP contribution in [0.25, 0.3) is 0 Å². The Hall–Kier alpha value is -0.770. The number of aromatic nitrogens is 2. The first kappa shape index (κ1) is 12.3. The minimum atomic E-state index is 0.573. The molecule has 1 heterocycles. The predicted molar refractivity (Wildman–Crippen MR) is 66.5 cm³/mol. The third-order valence-corrected chi connectivity index (χ3v) is 4.06. The van der Waals surface area contributed by atoms with Crippen molar-refractivity contribution >= 4 is 17.6 Å². The molecule has 3 nitrogen and oxygen atoms in total. The van der Waals surface area contributed by atoms with Crippen LogP contribution in [0.2, 0.25) is 0 Å². The molecule has 0 radical (unpaired) electrons. The second kappa shape index (κ2) is 5.35. The van der Waals surface area contributed by atoms with Crippen LogP contribution in [0, 0.1) is 12.8 Å². The van der Waals surface area contributed by atoms with E-state index in [1.54, 1.807) is 6.33 Å². The first-order valence-electron chi connectivity index (χ1n) is 5.22. The number of hydrogen-bond acceptors (Lipinski definition) is 4. The number of thioether (sulfide) groups is 1. The third kappa shape index (κ3) is 3.09. The fourth-order valence-electron chi connectivity index (χ4n) is 1.12. The van der Waals surface area contributed by atoms with E-state index in [9.17, 15) is 0 Å². The van der Waals surface area contributed by atoms with Gasteiger partial charge < -0.3 is 5.32 Å². The average Bonchev–Trinajstić information content (AvgIpc) is 2.21. The summed E-state index contributed by atoms with van der Waals surface area (Å²) in [5, 5.41) is 4.73. The van der Waals surface area contributed by atoms with E-state index in [1.165, 1.54) is 0 Å². The lowest BCUT2D eigenvalue weighted by Gasteiger charge is -2.16. The summed E-state index contributed by atoms with van der Waals surface area (Å²) < 4.78 is 0. The van der Waals surface area contributed by atoms with Gasteiger partial charge in [0.25, 0.3) is 0 Å². The molecule has 1 rings (SSSR count). The summed E-state index contributed by atoms with van der Waals surface area (Å²) in [6.45, 7) is 8.75. The monoisotopic (exact) mass is 225 g/mol. The van der Waals surface area contributed by atoms with Gasteiger partial charge in [-0.3, -0.25) is 0 Å². The Morgan fingerprint density at radius 1 is 1.27 bits per heavy atom. The van der Waals surface area contributed by atoms with E-state index < -0.39 is 0 Å². The second-order valence-electron chi connectivity index (χ2n) is 3.97. The normalized spacial score (nSPS) is 12.9. The standard InChI is InChI=1S/C11H19N3S/c1-7(2)9(4)15-11-8(3)10(12-5)13-6-14-11/h6-7,9H,1-5H3,(H,12,13,14). The summed E-state index contributed by atoms with van der Waals surface area (Å²) in [5.41, 5.74) is 1.14. The molecular weight excluding hydrogens is 206 g/mol. The Morgan fingerprint density at radius 3 is 2.47 bits per heavy atom. The third-order valence-electron chi connectivity index (χ3n) is 2.51. The van der Waals surface area contributed by atoms with Gasteiger partial charge in [0, 0.05) is 17.9 Å². The molecule has 0 amide bonds. The zero-order valence-electron chi connectivity index (χ0n) is 10.0. The number of hydrogen-bond donors (Lipinski definition) is 1. The zero-order valence-corrected chi connectivity index (χ0v) is 10.9. The van der Waals surface area contributed by atoms with E-state index in [0.717, 1.165) is 16.4 Å². The van der Waals surface area contributed by atoms with Crippen LogP contribution in [0.4, 0.5) is 5.82 Å². The first-order valence-corrected chi connectivity index (χ1v) is 6.10. The maximum atomic E-state index is 4.32. The van der Waals surface area contributed by atoms with Gasteiger partial charge in [-0.2, -0.15) is 0 Å². The molecule has 0 bridgehead atoms. The Balaban J connectivity index is 2.86. The summed E-state index contributed by atoms with van der Waals surface area (Å²) in [5.74, 6) is 1.57. The van der Waals surface area contributed by atoms with E-state index in [4.69, 9.17) is 0 Å². The van der Waals surface area contributed by atoms with Crippen LogP contribution in [-0.2, 0) is 0 Å². The van der Waals surface area contributed by atoms with Crippen LogP contribution in [0.5, 0.6) is 0 Å². The highest BCUT2D eigenvalue weighted by Crippen LogP contribution is 2.30. The van der Waals surface area contributed by atoms with Crippen molar-refractivity contribution in [2.75, 3.05) is 12.4 Å². The van der Waals surface area contributed by atoms with E-state index in [0.29, 0.717) is 11.2 Å². The van der Waals surface area contributed by atoms with E-state index in [2.05, 4.69) is 43.0 Å². The molecular formula is C11H19N3S. The van der Waals surface area contributed by atoms with Gasteiger partial charge in [-0.1, -0.05) is 20.8 Å². The van der Waals surface area contributed by atoms with E-state index >= 15 is 0 Å². The fraction of sp³-hybridized carbons (Fsp3) is 0.636. The van der Waals surface area contributed by atoms with Crippen molar-refractivity contribution in [1.82, 2.24) is 9.97 Å². The maximum absolute atomic E-state index is 4.32. The van der Waals surface area contributed by atoms with Gasteiger partial charge in [-0.15, -0.1) is 11.8 Å². The topological polar surface area (TPSA) is 37.8 Å². The van der Waals surface area contributed by atoms with Crippen molar-refractivity contribution in [1.29, 1.82) is 0 Å². The van der Waals surface area contributed by atoms with Crippen LogP contribution < -0.4 is 5.32 Å². The van der Waals surface area contributed by atoms with Gasteiger partial charge in [0.05, 0.1) is 0 Å². The first-order chi connectivity index (χ1) is 7.06. The molecule has 1 aromatic rings. The molecule has 4 heteroatoms. The lowest BCUT2D eigenvalue weighted by atomic mass is 10.2. The lowest BCUT2D eigenvalue weighted by Crippen LogP contribution is -2.07. The van der Waals surface area contributed by atoms with Gasteiger partial charge in [-0.25, -0.2) is 9.97 Å². The summed E-state index contributed by atoms with van der Waals surface area (Å²) >= 11 is 1.82.